The number of nitrogens with one attached hydrogen (secondary N) is 1. The summed E-state index contributed by atoms with van der Waals surface area (Å²) in [5.41, 5.74) is 2.58. The Morgan fingerprint density at radius 3 is 2.54 bits per heavy atom. The molecule has 0 radical (unpaired) electrons. The molecule has 7 nitrogen and oxygen atoms in total. The minimum Gasteiger partial charge on any atom is -0.449 e. The summed E-state index contributed by atoms with van der Waals surface area (Å²) in [5, 5.41) is 7.82. The van der Waals surface area contributed by atoms with Crippen LogP contribution in [0.25, 0.3) is 10.9 Å². The van der Waals surface area contributed by atoms with Gasteiger partial charge in [0.1, 0.15) is 5.82 Å². The van der Waals surface area contributed by atoms with Gasteiger partial charge in [-0.15, -0.1) is 0 Å². The van der Waals surface area contributed by atoms with Crippen LogP contribution in [0.5, 0.6) is 0 Å². The van der Waals surface area contributed by atoms with E-state index in [1.54, 1.807) is 30.8 Å². The van der Waals surface area contributed by atoms with E-state index in [0.717, 1.165) is 16.5 Å². The number of aryl methyl sites for hydroxylation is 2. The highest BCUT2D eigenvalue weighted by Crippen LogP contribution is 2.23. The summed E-state index contributed by atoms with van der Waals surface area (Å²) < 4.78 is 7.13. The van der Waals surface area contributed by atoms with Crippen LogP contribution < -0.4 is 5.32 Å². The fourth-order valence-corrected chi connectivity index (χ4v) is 3.16. The van der Waals surface area contributed by atoms with Crippen LogP contribution in [0.1, 0.15) is 48.4 Å². The van der Waals surface area contributed by atoms with Crippen molar-refractivity contribution < 1.29 is 14.3 Å². The van der Waals surface area contributed by atoms with E-state index in [1.165, 1.54) is 0 Å². The minimum atomic E-state index is -0.965. The van der Waals surface area contributed by atoms with E-state index in [4.69, 9.17) is 4.74 Å². The number of benzene rings is 1. The summed E-state index contributed by atoms with van der Waals surface area (Å²) in [7, 11) is 0. The fraction of sp³-hybridized carbons (Fsp3) is 0.333. The molecule has 2 heterocycles. The Hall–Kier alpha value is -3.22. The first-order valence-electron chi connectivity index (χ1n) is 9.21. The van der Waals surface area contributed by atoms with Crippen molar-refractivity contribution >= 4 is 28.6 Å². The molecule has 1 N–H and O–H groups in total. The van der Waals surface area contributed by atoms with Gasteiger partial charge in [-0.25, -0.2) is 9.48 Å². The van der Waals surface area contributed by atoms with E-state index in [1.807, 2.05) is 45.0 Å². The molecule has 0 aliphatic rings. The highest BCUT2D eigenvalue weighted by atomic mass is 16.5. The first-order valence-corrected chi connectivity index (χ1v) is 9.21. The monoisotopic (exact) mass is 380 g/mol. The maximum absolute atomic E-state index is 12.8. The van der Waals surface area contributed by atoms with Gasteiger partial charge < -0.3 is 10.1 Å². The molecular formula is C21H24N4O3. The average Bonchev–Trinajstić information content (AvgIpc) is 3.10. The summed E-state index contributed by atoms with van der Waals surface area (Å²) >= 11 is 0. The number of carbonyl (C=O) groups excluding carboxylic acids is 2. The molecule has 0 bridgehead atoms. The van der Waals surface area contributed by atoms with Crippen LogP contribution in [0, 0.1) is 13.8 Å². The number of nitrogens with zero attached hydrogens (tertiary/aromatic N) is 3. The summed E-state index contributed by atoms with van der Waals surface area (Å²) in [6.07, 6.45) is 0.646. The Labute approximate surface area is 163 Å². The first-order chi connectivity index (χ1) is 13.3. The number of amides is 1. The smallest absolute Gasteiger partial charge is 0.341 e. The van der Waals surface area contributed by atoms with Gasteiger partial charge in [0.2, 0.25) is 0 Å². The first kappa shape index (κ1) is 19.5. The number of ether oxygens (including phenoxy) is 1. The third-order valence-electron chi connectivity index (χ3n) is 4.60. The summed E-state index contributed by atoms with van der Waals surface area (Å²) in [6, 6.07) is 9.41. The van der Waals surface area contributed by atoms with E-state index in [0.29, 0.717) is 17.1 Å². The number of esters is 1. The Balaban J connectivity index is 1.78. The van der Waals surface area contributed by atoms with Crippen LogP contribution in [0.3, 0.4) is 0 Å². The van der Waals surface area contributed by atoms with Gasteiger partial charge in [0.25, 0.3) is 5.91 Å². The van der Waals surface area contributed by atoms with Crippen LogP contribution in [0.2, 0.25) is 0 Å². The maximum Gasteiger partial charge on any atom is 0.341 e. The predicted molar refractivity (Wildman–Crippen MR) is 107 cm³/mol. The molecule has 146 valence electrons. The summed E-state index contributed by atoms with van der Waals surface area (Å²) in [5.74, 6) is -0.421. The lowest BCUT2D eigenvalue weighted by Crippen LogP contribution is -2.31. The molecule has 1 atom stereocenters. The Morgan fingerprint density at radius 1 is 1.11 bits per heavy atom. The van der Waals surface area contributed by atoms with Gasteiger partial charge in [-0.1, -0.05) is 18.2 Å². The minimum absolute atomic E-state index is 0.0946. The zero-order valence-corrected chi connectivity index (χ0v) is 16.7. The molecule has 3 aromatic rings. The molecule has 7 heteroatoms. The van der Waals surface area contributed by atoms with Gasteiger partial charge in [0.15, 0.2) is 6.10 Å². The van der Waals surface area contributed by atoms with Crippen molar-refractivity contribution in [3.63, 3.8) is 0 Å². The molecule has 28 heavy (non-hydrogen) atoms. The van der Waals surface area contributed by atoms with Gasteiger partial charge in [0, 0.05) is 17.5 Å². The summed E-state index contributed by atoms with van der Waals surface area (Å²) in [6.45, 7) is 9.10. The normalized spacial score (nSPS) is 12.2. The number of anilines is 1. The second-order valence-electron chi connectivity index (χ2n) is 7.01. The van der Waals surface area contributed by atoms with Crippen molar-refractivity contribution in [2.45, 2.75) is 46.8 Å². The van der Waals surface area contributed by atoms with E-state index in [2.05, 4.69) is 15.4 Å². The number of carbonyl (C=O) groups is 2. The molecule has 0 saturated carbocycles. The lowest BCUT2D eigenvalue weighted by molar-refractivity contribution is -0.123. The molecule has 1 aromatic carbocycles. The topological polar surface area (TPSA) is 86.1 Å². The average molecular weight is 380 g/mol. The Bertz CT molecular complexity index is 1040. The number of hydrogen-bond acceptors (Lipinski definition) is 5. The molecule has 0 aliphatic heterocycles. The van der Waals surface area contributed by atoms with Crippen molar-refractivity contribution in [2.24, 2.45) is 0 Å². The summed E-state index contributed by atoms with van der Waals surface area (Å²) in [4.78, 5) is 29.7. The van der Waals surface area contributed by atoms with Crippen LogP contribution in [-0.2, 0) is 9.53 Å². The molecule has 0 fully saturated rings. The van der Waals surface area contributed by atoms with E-state index in [9.17, 15) is 9.59 Å². The number of aromatic nitrogens is 3. The maximum atomic E-state index is 12.8. The van der Waals surface area contributed by atoms with Crippen LogP contribution in [0.15, 0.2) is 36.5 Å². The second kappa shape index (κ2) is 7.80. The van der Waals surface area contributed by atoms with Crippen LogP contribution in [0.4, 0.5) is 5.82 Å². The van der Waals surface area contributed by atoms with Crippen molar-refractivity contribution in [1.29, 1.82) is 0 Å². The molecule has 1 amide bonds. The number of rotatable bonds is 5. The zero-order chi connectivity index (χ0) is 20.4. The SMILES string of the molecule is Cc1nc2ccccc2c(C)c1C(=O)O[C@H](C)C(=O)Nc1ccnn1C(C)C. The van der Waals surface area contributed by atoms with Gasteiger partial charge >= 0.3 is 5.97 Å². The number of pyridine rings is 1. The van der Waals surface area contributed by atoms with Gasteiger partial charge in [-0.2, -0.15) is 5.10 Å². The fourth-order valence-electron chi connectivity index (χ4n) is 3.16. The van der Waals surface area contributed by atoms with Crippen molar-refractivity contribution in [3.05, 3.63) is 53.3 Å². The molecule has 0 aliphatic carbocycles. The largest absolute Gasteiger partial charge is 0.449 e. The predicted octanol–water partition coefficient (Wildman–Crippen LogP) is 3.81. The Morgan fingerprint density at radius 2 is 1.82 bits per heavy atom. The van der Waals surface area contributed by atoms with E-state index < -0.39 is 18.0 Å². The molecule has 0 spiro atoms. The molecule has 0 unspecified atom stereocenters. The highest BCUT2D eigenvalue weighted by molar-refractivity contribution is 6.00. The van der Waals surface area contributed by atoms with Crippen molar-refractivity contribution in [2.75, 3.05) is 5.32 Å². The zero-order valence-electron chi connectivity index (χ0n) is 16.7. The standard InChI is InChI=1S/C21H24N4O3/c1-12(2)25-18(10-11-22-25)24-20(26)15(5)28-21(27)19-13(3)16-8-6-7-9-17(16)23-14(19)4/h6-12,15H,1-5H3,(H,24,26)/t15-/m1/s1. The van der Waals surface area contributed by atoms with Gasteiger partial charge in [-0.3, -0.25) is 9.78 Å². The van der Waals surface area contributed by atoms with E-state index >= 15 is 0 Å². The third kappa shape index (κ3) is 3.74. The third-order valence-corrected chi connectivity index (χ3v) is 4.60. The lowest BCUT2D eigenvalue weighted by Gasteiger charge is -2.17. The van der Waals surface area contributed by atoms with Crippen molar-refractivity contribution in [1.82, 2.24) is 14.8 Å². The Kier molecular flexibility index (Phi) is 5.44. The quantitative estimate of drug-likeness (QED) is 0.680. The van der Waals surface area contributed by atoms with Crippen LogP contribution in [-0.4, -0.2) is 32.7 Å². The van der Waals surface area contributed by atoms with E-state index in [-0.39, 0.29) is 6.04 Å². The second-order valence-corrected chi connectivity index (χ2v) is 7.01. The van der Waals surface area contributed by atoms with Gasteiger partial charge in [-0.05, 0) is 46.2 Å². The number of para-hydroxylation sites is 1. The number of hydrogen-bond donors (Lipinski definition) is 1. The van der Waals surface area contributed by atoms with Crippen LogP contribution >= 0.6 is 0 Å². The molecule has 2 aromatic heterocycles. The van der Waals surface area contributed by atoms with Crippen molar-refractivity contribution in [3.8, 4) is 0 Å². The lowest BCUT2D eigenvalue weighted by atomic mass is 10.0. The molecule has 3 rings (SSSR count). The number of fused-ring (bicyclic) bond motifs is 1. The molecular weight excluding hydrogens is 356 g/mol. The molecule has 0 saturated heterocycles. The highest BCUT2D eigenvalue weighted by Gasteiger charge is 2.24. The van der Waals surface area contributed by atoms with Gasteiger partial charge in [0.05, 0.1) is 23.0 Å².